The minimum atomic E-state index is -0.306. The highest BCUT2D eigenvalue weighted by molar-refractivity contribution is 5.84. The molecular formula is C12H8O2. The summed E-state index contributed by atoms with van der Waals surface area (Å²) < 4.78 is 4.86. The van der Waals surface area contributed by atoms with Crippen molar-refractivity contribution in [1.29, 1.82) is 0 Å². The molecule has 1 heterocycles. The number of cyclic esters (lactones) is 1. The van der Waals surface area contributed by atoms with E-state index in [4.69, 9.17) is 4.74 Å². The summed E-state index contributed by atoms with van der Waals surface area (Å²) in [7, 11) is 0. The van der Waals surface area contributed by atoms with Crippen LogP contribution < -0.4 is 0 Å². The summed E-state index contributed by atoms with van der Waals surface area (Å²) in [5.41, 5.74) is 0. The molecule has 0 bridgehead atoms. The maximum Gasteiger partial charge on any atom is 0.331 e. The summed E-state index contributed by atoms with van der Waals surface area (Å²) in [5.74, 6) is 15.4. The Hall–Kier alpha value is -2.11. The van der Waals surface area contributed by atoms with Crippen molar-refractivity contribution in [2.75, 3.05) is 0 Å². The average Bonchev–Trinajstić information content (AvgIpc) is 2.58. The second kappa shape index (κ2) is 5.52. The lowest BCUT2D eigenvalue weighted by atomic mass is 10.2. The zero-order valence-electron chi connectivity index (χ0n) is 7.76. The molecule has 0 saturated carbocycles. The van der Waals surface area contributed by atoms with Gasteiger partial charge in [0, 0.05) is 6.08 Å². The second-order valence-electron chi connectivity index (χ2n) is 2.47. The molecule has 68 valence electrons. The van der Waals surface area contributed by atoms with Crippen molar-refractivity contribution in [3.8, 4) is 35.5 Å². The van der Waals surface area contributed by atoms with Gasteiger partial charge in [0.05, 0.1) is 6.42 Å². The van der Waals surface area contributed by atoms with E-state index < -0.39 is 0 Å². The third kappa shape index (κ3) is 3.53. The number of carbonyl (C=O) groups excluding carboxylic acids is 1. The molecule has 0 aromatic carbocycles. The van der Waals surface area contributed by atoms with Crippen LogP contribution in [-0.4, -0.2) is 12.1 Å². The van der Waals surface area contributed by atoms with E-state index in [0.717, 1.165) is 0 Å². The molecule has 2 heteroatoms. The van der Waals surface area contributed by atoms with Crippen molar-refractivity contribution in [2.24, 2.45) is 0 Å². The summed E-state index contributed by atoms with van der Waals surface area (Å²) >= 11 is 0. The van der Waals surface area contributed by atoms with Crippen LogP contribution in [0.3, 0.4) is 0 Å². The first kappa shape index (κ1) is 9.97. The molecule has 0 spiro atoms. The summed E-state index contributed by atoms with van der Waals surface area (Å²) in [6.45, 7) is 1.71. The van der Waals surface area contributed by atoms with E-state index >= 15 is 0 Å². The average molecular weight is 184 g/mol. The van der Waals surface area contributed by atoms with Crippen LogP contribution in [0.25, 0.3) is 0 Å². The fraction of sp³-hybridized carbons (Fsp3) is 0.250. The molecule has 0 aromatic rings. The molecule has 0 fully saturated rings. The summed E-state index contributed by atoms with van der Waals surface area (Å²) in [4.78, 5) is 10.6. The van der Waals surface area contributed by atoms with Gasteiger partial charge in [-0.3, -0.25) is 0 Å². The molecule has 0 saturated heterocycles. The van der Waals surface area contributed by atoms with Crippen molar-refractivity contribution in [2.45, 2.75) is 19.4 Å². The molecule has 1 rings (SSSR count). The SMILES string of the molecule is CC#CC#CC#CCC1C=CC(=O)O1. The molecule has 0 aliphatic carbocycles. The first-order valence-corrected chi connectivity index (χ1v) is 4.11. The normalized spacial score (nSPS) is 16.6. The Labute approximate surface area is 83.3 Å². The standard InChI is InChI=1S/C12H8O2/c1-2-3-4-5-6-7-8-11-9-10-12(13)14-11/h9-11H,8H2,1H3. The first-order chi connectivity index (χ1) is 6.83. The van der Waals surface area contributed by atoms with Gasteiger partial charge in [0.1, 0.15) is 6.10 Å². The molecule has 0 N–H and O–H groups in total. The van der Waals surface area contributed by atoms with Gasteiger partial charge in [-0.1, -0.05) is 11.8 Å². The summed E-state index contributed by atoms with van der Waals surface area (Å²) in [6, 6.07) is 0. The Morgan fingerprint density at radius 1 is 1.36 bits per heavy atom. The van der Waals surface area contributed by atoms with Gasteiger partial charge in [-0.15, -0.1) is 0 Å². The molecule has 14 heavy (non-hydrogen) atoms. The van der Waals surface area contributed by atoms with Crippen LogP contribution in [-0.2, 0) is 9.53 Å². The van der Waals surface area contributed by atoms with Gasteiger partial charge in [0.25, 0.3) is 0 Å². The maximum atomic E-state index is 10.6. The largest absolute Gasteiger partial charge is 0.454 e. The molecule has 0 aromatic heterocycles. The molecule has 2 nitrogen and oxygen atoms in total. The lowest BCUT2D eigenvalue weighted by molar-refractivity contribution is -0.138. The Balaban J connectivity index is 2.33. The van der Waals surface area contributed by atoms with Crippen LogP contribution >= 0.6 is 0 Å². The topological polar surface area (TPSA) is 26.3 Å². The quantitative estimate of drug-likeness (QED) is 0.447. The third-order valence-corrected chi connectivity index (χ3v) is 1.42. The molecule has 1 unspecified atom stereocenters. The zero-order valence-corrected chi connectivity index (χ0v) is 7.76. The molecule has 0 radical (unpaired) electrons. The molecule has 0 amide bonds. The van der Waals surface area contributed by atoms with Gasteiger partial charge in [-0.2, -0.15) is 0 Å². The molecule has 1 atom stereocenters. The Morgan fingerprint density at radius 3 is 2.79 bits per heavy atom. The molecule has 1 aliphatic heterocycles. The van der Waals surface area contributed by atoms with Crippen molar-refractivity contribution < 1.29 is 9.53 Å². The second-order valence-corrected chi connectivity index (χ2v) is 2.47. The maximum absolute atomic E-state index is 10.6. The highest BCUT2D eigenvalue weighted by atomic mass is 16.5. The van der Waals surface area contributed by atoms with Crippen molar-refractivity contribution >= 4 is 5.97 Å². The highest BCUT2D eigenvalue weighted by Gasteiger charge is 2.14. The van der Waals surface area contributed by atoms with Gasteiger partial charge in [-0.25, -0.2) is 4.79 Å². The van der Waals surface area contributed by atoms with Gasteiger partial charge in [0.2, 0.25) is 0 Å². The minimum Gasteiger partial charge on any atom is -0.454 e. The number of carbonyl (C=O) groups is 1. The zero-order chi connectivity index (χ0) is 10.2. The van der Waals surface area contributed by atoms with Crippen LogP contribution in [0, 0.1) is 35.5 Å². The van der Waals surface area contributed by atoms with Crippen LogP contribution in [0.4, 0.5) is 0 Å². The van der Waals surface area contributed by atoms with E-state index in [-0.39, 0.29) is 12.1 Å². The van der Waals surface area contributed by atoms with Crippen LogP contribution in [0.5, 0.6) is 0 Å². The predicted octanol–water partition coefficient (Wildman–Crippen LogP) is 0.888. The fourth-order valence-electron chi connectivity index (χ4n) is 0.844. The van der Waals surface area contributed by atoms with E-state index in [2.05, 4.69) is 35.5 Å². The number of hydrogen-bond donors (Lipinski definition) is 0. The summed E-state index contributed by atoms with van der Waals surface area (Å²) in [6.07, 6.45) is 3.36. The first-order valence-electron chi connectivity index (χ1n) is 4.11. The van der Waals surface area contributed by atoms with Gasteiger partial charge >= 0.3 is 5.97 Å². The summed E-state index contributed by atoms with van der Waals surface area (Å²) in [5, 5.41) is 0. The Bertz CT molecular complexity index is 424. The minimum absolute atomic E-state index is 0.214. The third-order valence-electron chi connectivity index (χ3n) is 1.42. The van der Waals surface area contributed by atoms with E-state index in [1.807, 2.05) is 0 Å². The van der Waals surface area contributed by atoms with Gasteiger partial charge < -0.3 is 4.74 Å². The van der Waals surface area contributed by atoms with Gasteiger partial charge in [0.15, 0.2) is 0 Å². The monoisotopic (exact) mass is 184 g/mol. The number of rotatable bonds is 1. The molecular weight excluding hydrogens is 176 g/mol. The lowest BCUT2D eigenvalue weighted by Crippen LogP contribution is -2.05. The van der Waals surface area contributed by atoms with Gasteiger partial charge in [-0.05, 0) is 36.7 Å². The smallest absolute Gasteiger partial charge is 0.331 e. The predicted molar refractivity (Wildman–Crippen MR) is 52.6 cm³/mol. The number of ether oxygens (including phenoxy) is 1. The van der Waals surface area contributed by atoms with E-state index in [1.165, 1.54) is 6.08 Å². The van der Waals surface area contributed by atoms with Crippen molar-refractivity contribution in [3.05, 3.63) is 12.2 Å². The molecule has 1 aliphatic rings. The number of esters is 1. The van der Waals surface area contributed by atoms with Crippen LogP contribution in [0.15, 0.2) is 12.2 Å². The Kier molecular flexibility index (Phi) is 3.93. The fourth-order valence-corrected chi connectivity index (χ4v) is 0.844. The Morgan fingerprint density at radius 2 is 2.14 bits per heavy atom. The van der Waals surface area contributed by atoms with E-state index in [0.29, 0.717) is 6.42 Å². The van der Waals surface area contributed by atoms with E-state index in [1.54, 1.807) is 13.0 Å². The number of hydrogen-bond acceptors (Lipinski definition) is 2. The van der Waals surface area contributed by atoms with Crippen LogP contribution in [0.1, 0.15) is 13.3 Å². The van der Waals surface area contributed by atoms with Crippen LogP contribution in [0.2, 0.25) is 0 Å². The van der Waals surface area contributed by atoms with E-state index in [9.17, 15) is 4.79 Å². The van der Waals surface area contributed by atoms with Crippen molar-refractivity contribution in [3.63, 3.8) is 0 Å². The highest BCUT2D eigenvalue weighted by Crippen LogP contribution is 2.07. The van der Waals surface area contributed by atoms with Crippen molar-refractivity contribution in [1.82, 2.24) is 0 Å². The lowest BCUT2D eigenvalue weighted by Gasteiger charge is -2.01.